The molecule has 5 heteroatoms. The summed E-state index contributed by atoms with van der Waals surface area (Å²) < 4.78 is 2.09. The van der Waals surface area contributed by atoms with Gasteiger partial charge < -0.3 is 0 Å². The van der Waals surface area contributed by atoms with E-state index in [1.807, 2.05) is 12.4 Å². The van der Waals surface area contributed by atoms with Crippen LogP contribution in [0.3, 0.4) is 0 Å². The normalized spacial score (nSPS) is 11.3. The Balaban J connectivity index is 2.27. The van der Waals surface area contributed by atoms with E-state index in [1.165, 1.54) is 10.4 Å². The third-order valence-corrected chi connectivity index (χ3v) is 4.48. The zero-order valence-electron chi connectivity index (χ0n) is 11.3. The van der Waals surface area contributed by atoms with Crippen LogP contribution in [0.4, 0.5) is 0 Å². The SMILES string of the molecule is CCCc1nccn1-c1ncnc2sc(C)c(C)c12. The van der Waals surface area contributed by atoms with Crippen molar-refractivity contribution in [1.82, 2.24) is 19.5 Å². The molecule has 4 nitrogen and oxygen atoms in total. The monoisotopic (exact) mass is 272 g/mol. The lowest BCUT2D eigenvalue weighted by molar-refractivity contribution is 0.800. The molecule has 0 aliphatic rings. The number of thiophene rings is 1. The highest BCUT2D eigenvalue weighted by atomic mass is 32.1. The van der Waals surface area contributed by atoms with Crippen molar-refractivity contribution in [3.05, 3.63) is 35.0 Å². The van der Waals surface area contributed by atoms with Crippen LogP contribution in [0.5, 0.6) is 0 Å². The number of aryl methyl sites for hydroxylation is 3. The molecule has 0 N–H and O–H groups in total. The van der Waals surface area contributed by atoms with Gasteiger partial charge in [0.1, 0.15) is 17.0 Å². The summed E-state index contributed by atoms with van der Waals surface area (Å²) in [6.45, 7) is 6.43. The molecule has 0 aliphatic heterocycles. The maximum Gasteiger partial charge on any atom is 0.150 e. The lowest BCUT2D eigenvalue weighted by Crippen LogP contribution is -2.03. The highest BCUT2D eigenvalue weighted by molar-refractivity contribution is 7.18. The van der Waals surface area contributed by atoms with E-state index in [0.717, 1.165) is 34.7 Å². The molecule has 0 radical (unpaired) electrons. The number of aromatic nitrogens is 4. The number of hydrogen-bond acceptors (Lipinski definition) is 4. The molecule has 0 aliphatic carbocycles. The Bertz CT molecular complexity index is 726. The lowest BCUT2D eigenvalue weighted by atomic mass is 10.2. The van der Waals surface area contributed by atoms with Crippen molar-refractivity contribution < 1.29 is 0 Å². The van der Waals surface area contributed by atoms with Gasteiger partial charge in [-0.25, -0.2) is 15.0 Å². The first-order valence-corrected chi connectivity index (χ1v) is 7.27. The summed E-state index contributed by atoms with van der Waals surface area (Å²) in [6.07, 6.45) is 7.50. The van der Waals surface area contributed by atoms with Gasteiger partial charge in [-0.2, -0.15) is 0 Å². The minimum absolute atomic E-state index is 0.952. The fourth-order valence-electron chi connectivity index (χ4n) is 2.28. The van der Waals surface area contributed by atoms with Crippen LogP contribution in [0.1, 0.15) is 29.6 Å². The smallest absolute Gasteiger partial charge is 0.150 e. The molecule has 0 saturated carbocycles. The number of nitrogens with zero attached hydrogens (tertiary/aromatic N) is 4. The van der Waals surface area contributed by atoms with Crippen molar-refractivity contribution in [3.63, 3.8) is 0 Å². The summed E-state index contributed by atoms with van der Waals surface area (Å²) in [5.41, 5.74) is 1.27. The van der Waals surface area contributed by atoms with Crippen LogP contribution in [-0.4, -0.2) is 19.5 Å². The Morgan fingerprint density at radius 3 is 2.84 bits per heavy atom. The number of hydrogen-bond donors (Lipinski definition) is 0. The number of rotatable bonds is 3. The standard InChI is InChI=1S/C14H16N4S/c1-4-5-11-15-6-7-18(11)13-12-9(2)10(3)19-14(12)17-8-16-13/h6-8H,4-5H2,1-3H3. The molecule has 0 aromatic carbocycles. The first-order chi connectivity index (χ1) is 9.22. The molecular weight excluding hydrogens is 256 g/mol. The second-order valence-electron chi connectivity index (χ2n) is 4.62. The van der Waals surface area contributed by atoms with Crippen molar-refractivity contribution in [3.8, 4) is 5.82 Å². The summed E-state index contributed by atoms with van der Waals surface area (Å²) >= 11 is 1.72. The van der Waals surface area contributed by atoms with Gasteiger partial charge in [-0.05, 0) is 25.8 Å². The number of fused-ring (bicyclic) bond motifs is 1. The van der Waals surface area contributed by atoms with Crippen molar-refractivity contribution in [1.29, 1.82) is 0 Å². The summed E-state index contributed by atoms with van der Waals surface area (Å²) in [7, 11) is 0. The van der Waals surface area contributed by atoms with E-state index in [4.69, 9.17) is 0 Å². The third-order valence-electron chi connectivity index (χ3n) is 3.36. The Morgan fingerprint density at radius 2 is 2.05 bits per heavy atom. The van der Waals surface area contributed by atoms with Gasteiger partial charge in [0.25, 0.3) is 0 Å². The molecule has 0 saturated heterocycles. The van der Waals surface area contributed by atoms with Gasteiger partial charge in [-0.3, -0.25) is 4.57 Å². The molecule has 0 unspecified atom stereocenters. The molecule has 19 heavy (non-hydrogen) atoms. The Kier molecular flexibility index (Phi) is 3.06. The van der Waals surface area contributed by atoms with Gasteiger partial charge >= 0.3 is 0 Å². The van der Waals surface area contributed by atoms with E-state index in [0.29, 0.717) is 0 Å². The summed E-state index contributed by atoms with van der Waals surface area (Å²) in [4.78, 5) is 15.7. The topological polar surface area (TPSA) is 43.6 Å². The van der Waals surface area contributed by atoms with Crippen LogP contribution in [0, 0.1) is 13.8 Å². The highest BCUT2D eigenvalue weighted by Gasteiger charge is 2.15. The minimum atomic E-state index is 0.952. The molecule has 3 aromatic heterocycles. The molecule has 0 atom stereocenters. The Labute approximate surface area is 116 Å². The van der Waals surface area contributed by atoms with Crippen LogP contribution >= 0.6 is 11.3 Å². The Morgan fingerprint density at radius 1 is 1.21 bits per heavy atom. The van der Waals surface area contributed by atoms with Crippen molar-refractivity contribution in [2.45, 2.75) is 33.6 Å². The van der Waals surface area contributed by atoms with Gasteiger partial charge in [0.05, 0.1) is 5.39 Å². The highest BCUT2D eigenvalue weighted by Crippen LogP contribution is 2.32. The predicted molar refractivity (Wildman–Crippen MR) is 78.0 cm³/mol. The summed E-state index contributed by atoms with van der Waals surface area (Å²) in [6, 6.07) is 0. The molecule has 98 valence electrons. The molecule has 3 aromatic rings. The van der Waals surface area contributed by atoms with E-state index >= 15 is 0 Å². The van der Waals surface area contributed by atoms with E-state index in [9.17, 15) is 0 Å². The first-order valence-electron chi connectivity index (χ1n) is 6.45. The molecule has 0 spiro atoms. The van der Waals surface area contributed by atoms with Gasteiger partial charge in [-0.1, -0.05) is 6.92 Å². The molecule has 3 rings (SSSR count). The summed E-state index contributed by atoms with van der Waals surface area (Å²) in [5.74, 6) is 2.01. The Hall–Kier alpha value is -1.75. The second-order valence-corrected chi connectivity index (χ2v) is 5.83. The van der Waals surface area contributed by atoms with E-state index < -0.39 is 0 Å². The maximum absolute atomic E-state index is 4.48. The average Bonchev–Trinajstić information content (AvgIpc) is 2.96. The van der Waals surface area contributed by atoms with Gasteiger partial charge in [-0.15, -0.1) is 11.3 Å². The quantitative estimate of drug-likeness (QED) is 0.733. The zero-order chi connectivity index (χ0) is 13.4. The fraction of sp³-hybridized carbons (Fsp3) is 0.357. The van der Waals surface area contributed by atoms with Crippen LogP contribution < -0.4 is 0 Å². The molecule has 3 heterocycles. The molecule has 0 bridgehead atoms. The van der Waals surface area contributed by atoms with Crippen LogP contribution in [0.2, 0.25) is 0 Å². The fourth-order valence-corrected chi connectivity index (χ4v) is 3.27. The zero-order valence-corrected chi connectivity index (χ0v) is 12.2. The van der Waals surface area contributed by atoms with Crippen molar-refractivity contribution >= 4 is 21.6 Å². The van der Waals surface area contributed by atoms with Crippen LogP contribution in [-0.2, 0) is 6.42 Å². The average molecular weight is 272 g/mol. The summed E-state index contributed by atoms with van der Waals surface area (Å²) in [5, 5.41) is 1.15. The number of imidazole rings is 1. The maximum atomic E-state index is 4.48. The van der Waals surface area contributed by atoms with Gasteiger partial charge in [0, 0.05) is 23.7 Å². The van der Waals surface area contributed by atoms with Crippen molar-refractivity contribution in [2.24, 2.45) is 0 Å². The lowest BCUT2D eigenvalue weighted by Gasteiger charge is -2.07. The van der Waals surface area contributed by atoms with Crippen molar-refractivity contribution in [2.75, 3.05) is 0 Å². The second kappa shape index (κ2) is 4.74. The largest absolute Gasteiger partial charge is 0.287 e. The van der Waals surface area contributed by atoms with E-state index in [-0.39, 0.29) is 0 Å². The van der Waals surface area contributed by atoms with Gasteiger partial charge in [0.2, 0.25) is 0 Å². The van der Waals surface area contributed by atoms with Crippen LogP contribution in [0.25, 0.3) is 16.0 Å². The third kappa shape index (κ3) is 1.94. The van der Waals surface area contributed by atoms with E-state index in [1.54, 1.807) is 17.7 Å². The predicted octanol–water partition coefficient (Wildman–Crippen LogP) is 3.45. The molecular formula is C14H16N4S. The van der Waals surface area contributed by atoms with Gasteiger partial charge in [0.15, 0.2) is 5.82 Å². The van der Waals surface area contributed by atoms with Crippen LogP contribution in [0.15, 0.2) is 18.7 Å². The molecule has 0 fully saturated rings. The van der Waals surface area contributed by atoms with E-state index in [2.05, 4.69) is 40.3 Å². The minimum Gasteiger partial charge on any atom is -0.287 e. The first kappa shape index (κ1) is 12.3. The molecule has 0 amide bonds.